The molecule has 1 aromatic rings. The minimum absolute atomic E-state index is 0.0152. The summed E-state index contributed by atoms with van der Waals surface area (Å²) in [4.78, 5) is 27.4. The van der Waals surface area contributed by atoms with Crippen LogP contribution in [-0.4, -0.2) is 118 Å². The lowest BCUT2D eigenvalue weighted by Gasteiger charge is -2.34. The molecule has 1 heterocycles. The van der Waals surface area contributed by atoms with Crippen LogP contribution in [0.5, 0.6) is 0 Å². The third kappa shape index (κ3) is 10.3. The van der Waals surface area contributed by atoms with Crippen molar-refractivity contribution in [1.82, 2.24) is 19.4 Å². The van der Waals surface area contributed by atoms with Crippen molar-refractivity contribution >= 4 is 31.7 Å². The highest BCUT2D eigenvalue weighted by Gasteiger charge is 2.31. The summed E-state index contributed by atoms with van der Waals surface area (Å²) in [6.07, 6.45) is 3.71. The van der Waals surface area contributed by atoms with Crippen LogP contribution in [0.1, 0.15) is 32.3 Å². The fourth-order valence-corrected chi connectivity index (χ4v) is 6.29. The fraction of sp³-hybridized carbons (Fsp3) is 0.667. The molecule has 11 nitrogen and oxygen atoms in total. The molecule has 1 fully saturated rings. The Bertz CT molecular complexity index is 1110. The maximum Gasteiger partial charge on any atom is 0.317 e. The van der Waals surface area contributed by atoms with Crippen LogP contribution in [0.3, 0.4) is 0 Å². The number of rotatable bonds is 16. The van der Waals surface area contributed by atoms with Gasteiger partial charge < -0.3 is 20.2 Å². The Morgan fingerprint density at radius 1 is 1.14 bits per heavy atom. The van der Waals surface area contributed by atoms with Crippen molar-refractivity contribution in [3.63, 3.8) is 0 Å². The molecule has 1 aliphatic rings. The SMILES string of the molecule is CCN(CCCCN1CCN(S(=O)(=O)CCNCC(=O)O)CC1=O)C(C)Cc1ccc(S(C)(=O)=O)cc1. The predicted molar refractivity (Wildman–Crippen MR) is 142 cm³/mol. The Kier molecular flexibility index (Phi) is 12.0. The number of carbonyl (C=O) groups is 2. The quantitative estimate of drug-likeness (QED) is 0.272. The van der Waals surface area contributed by atoms with E-state index in [0.717, 1.165) is 37.9 Å². The summed E-state index contributed by atoms with van der Waals surface area (Å²) in [6.45, 7) is 6.67. The first kappa shape index (κ1) is 31.2. The molecule has 1 unspecified atom stereocenters. The number of sulfonamides is 1. The molecule has 37 heavy (non-hydrogen) atoms. The van der Waals surface area contributed by atoms with Crippen LogP contribution in [0.2, 0.25) is 0 Å². The van der Waals surface area contributed by atoms with Crippen molar-refractivity contribution in [2.75, 3.05) is 64.4 Å². The van der Waals surface area contributed by atoms with Crippen LogP contribution in [0.15, 0.2) is 29.2 Å². The Labute approximate surface area is 220 Å². The summed E-state index contributed by atoms with van der Waals surface area (Å²) in [5.41, 5.74) is 1.08. The molecule has 0 aliphatic carbocycles. The van der Waals surface area contributed by atoms with E-state index in [9.17, 15) is 26.4 Å². The van der Waals surface area contributed by atoms with Crippen molar-refractivity contribution < 1.29 is 31.5 Å². The zero-order valence-corrected chi connectivity index (χ0v) is 23.6. The van der Waals surface area contributed by atoms with E-state index in [2.05, 4.69) is 24.1 Å². The predicted octanol–water partition coefficient (Wildman–Crippen LogP) is 0.271. The molecule has 1 atom stereocenters. The van der Waals surface area contributed by atoms with Gasteiger partial charge in [-0.1, -0.05) is 19.1 Å². The van der Waals surface area contributed by atoms with Crippen LogP contribution in [0.25, 0.3) is 0 Å². The molecular formula is C24H40N4O7S2. The second-order valence-electron chi connectivity index (χ2n) is 9.41. The minimum atomic E-state index is -3.63. The zero-order chi connectivity index (χ0) is 27.6. The standard InChI is InChI=1S/C24H40N4O7S2/c1-4-26(20(2)17-21-7-9-22(10-8-21)36(3,32)33)12-5-6-13-27-14-15-28(19-23(27)29)37(34,35)16-11-25-18-24(30)31/h7-10,20,25H,4-6,11-19H2,1-3H3,(H,30,31). The topological polar surface area (TPSA) is 144 Å². The third-order valence-corrected chi connectivity index (χ3v) is 9.47. The van der Waals surface area contributed by atoms with Crippen molar-refractivity contribution in [2.24, 2.45) is 0 Å². The highest BCUT2D eigenvalue weighted by Crippen LogP contribution is 2.15. The molecular weight excluding hydrogens is 520 g/mol. The summed E-state index contributed by atoms with van der Waals surface area (Å²) in [5, 5.41) is 11.2. The lowest BCUT2D eigenvalue weighted by Crippen LogP contribution is -2.53. The molecule has 0 aromatic heterocycles. The van der Waals surface area contributed by atoms with Crippen LogP contribution >= 0.6 is 0 Å². The number of aliphatic carboxylic acids is 1. The van der Waals surface area contributed by atoms with E-state index in [1.165, 1.54) is 10.6 Å². The first-order valence-corrected chi connectivity index (χ1v) is 16.0. The van der Waals surface area contributed by atoms with E-state index < -0.39 is 25.8 Å². The molecule has 13 heteroatoms. The number of carboxylic acid groups (broad SMARTS) is 1. The molecule has 0 bridgehead atoms. The van der Waals surface area contributed by atoms with Crippen LogP contribution < -0.4 is 5.32 Å². The van der Waals surface area contributed by atoms with Crippen LogP contribution in [-0.2, 0) is 35.9 Å². The van der Waals surface area contributed by atoms with Gasteiger partial charge in [0.25, 0.3) is 0 Å². The number of piperazine rings is 1. The molecule has 2 rings (SSSR count). The maximum absolute atomic E-state index is 12.5. The fourth-order valence-electron chi connectivity index (χ4n) is 4.34. The van der Waals surface area contributed by atoms with E-state index in [4.69, 9.17) is 5.11 Å². The van der Waals surface area contributed by atoms with Gasteiger partial charge in [0.2, 0.25) is 15.9 Å². The molecule has 0 saturated carbocycles. The molecule has 1 aliphatic heterocycles. The van der Waals surface area contributed by atoms with Gasteiger partial charge in [-0.25, -0.2) is 16.8 Å². The number of unbranched alkanes of at least 4 members (excludes halogenated alkanes) is 1. The molecule has 0 spiro atoms. The number of benzene rings is 1. The normalized spacial score (nSPS) is 16.3. The van der Waals surface area contributed by atoms with Crippen LogP contribution in [0, 0.1) is 0 Å². The Morgan fingerprint density at radius 3 is 2.38 bits per heavy atom. The summed E-state index contributed by atoms with van der Waals surface area (Å²) in [6, 6.07) is 7.28. The lowest BCUT2D eigenvalue weighted by molar-refractivity contribution is -0.136. The average molecular weight is 561 g/mol. The number of hydrogen-bond donors (Lipinski definition) is 2. The van der Waals surface area contributed by atoms with Crippen molar-refractivity contribution in [2.45, 2.75) is 44.0 Å². The Hall–Kier alpha value is -2.06. The lowest BCUT2D eigenvalue weighted by atomic mass is 10.1. The van der Waals surface area contributed by atoms with Gasteiger partial charge >= 0.3 is 5.97 Å². The van der Waals surface area contributed by atoms with E-state index >= 15 is 0 Å². The number of amides is 1. The molecule has 1 saturated heterocycles. The molecule has 2 N–H and O–H groups in total. The van der Waals surface area contributed by atoms with Crippen molar-refractivity contribution in [3.8, 4) is 0 Å². The van der Waals surface area contributed by atoms with Gasteiger partial charge in [-0.2, -0.15) is 4.31 Å². The minimum Gasteiger partial charge on any atom is -0.480 e. The van der Waals surface area contributed by atoms with E-state index in [1.807, 2.05) is 12.1 Å². The van der Waals surface area contributed by atoms with Gasteiger partial charge in [-0.15, -0.1) is 0 Å². The van der Waals surface area contributed by atoms with E-state index in [1.54, 1.807) is 17.0 Å². The highest BCUT2D eigenvalue weighted by atomic mass is 32.2. The second-order valence-corrected chi connectivity index (χ2v) is 13.5. The maximum atomic E-state index is 12.5. The van der Waals surface area contributed by atoms with Gasteiger partial charge in [0, 0.05) is 38.5 Å². The van der Waals surface area contributed by atoms with Gasteiger partial charge in [0.15, 0.2) is 9.84 Å². The summed E-state index contributed by atoms with van der Waals surface area (Å²) < 4.78 is 49.4. The number of likely N-dealkylation sites (N-methyl/N-ethyl adjacent to an activating group) is 1. The van der Waals surface area contributed by atoms with Gasteiger partial charge in [0.1, 0.15) is 0 Å². The monoisotopic (exact) mass is 560 g/mol. The number of hydrogen-bond acceptors (Lipinski definition) is 8. The smallest absolute Gasteiger partial charge is 0.317 e. The van der Waals surface area contributed by atoms with Crippen LogP contribution in [0.4, 0.5) is 0 Å². The summed E-state index contributed by atoms with van der Waals surface area (Å²) >= 11 is 0. The zero-order valence-electron chi connectivity index (χ0n) is 21.9. The largest absolute Gasteiger partial charge is 0.480 e. The summed E-state index contributed by atoms with van der Waals surface area (Å²) in [7, 11) is -6.84. The average Bonchev–Trinajstić information content (AvgIpc) is 2.82. The first-order chi connectivity index (χ1) is 17.3. The summed E-state index contributed by atoms with van der Waals surface area (Å²) in [5.74, 6) is -1.52. The first-order valence-electron chi connectivity index (χ1n) is 12.5. The Balaban J connectivity index is 1.73. The number of sulfone groups is 1. The molecule has 0 radical (unpaired) electrons. The molecule has 1 aromatic carbocycles. The second kappa shape index (κ2) is 14.2. The molecule has 1 amide bonds. The van der Waals surface area contributed by atoms with Crippen molar-refractivity contribution in [1.29, 1.82) is 0 Å². The number of nitrogens with zero attached hydrogens (tertiary/aromatic N) is 3. The van der Waals surface area contributed by atoms with Crippen molar-refractivity contribution in [3.05, 3.63) is 29.8 Å². The number of carbonyl (C=O) groups excluding carboxylic acids is 1. The molecule has 210 valence electrons. The van der Waals surface area contributed by atoms with E-state index in [0.29, 0.717) is 18.0 Å². The van der Waals surface area contributed by atoms with Gasteiger partial charge in [-0.3, -0.25) is 9.59 Å². The van der Waals surface area contributed by atoms with Gasteiger partial charge in [-0.05, 0) is 57.0 Å². The Morgan fingerprint density at radius 2 is 1.81 bits per heavy atom. The highest BCUT2D eigenvalue weighted by molar-refractivity contribution is 7.90. The third-order valence-electron chi connectivity index (χ3n) is 6.53. The number of nitrogens with one attached hydrogen (secondary N) is 1. The number of carboxylic acids is 1. The van der Waals surface area contributed by atoms with E-state index in [-0.39, 0.29) is 43.9 Å². The van der Waals surface area contributed by atoms with Gasteiger partial charge in [0.05, 0.1) is 23.7 Å².